The van der Waals surface area contributed by atoms with E-state index in [0.29, 0.717) is 0 Å². The van der Waals surface area contributed by atoms with Crippen molar-refractivity contribution in [2.45, 2.75) is 6.54 Å². The molecule has 0 spiro atoms. The van der Waals surface area contributed by atoms with Crippen LogP contribution in [0.1, 0.15) is 5.56 Å². The molecule has 2 aromatic heterocycles. The van der Waals surface area contributed by atoms with E-state index in [2.05, 4.69) is 130 Å². The molecule has 0 radical (unpaired) electrons. The molecule has 0 amide bonds. The van der Waals surface area contributed by atoms with E-state index in [1.807, 2.05) is 24.4 Å². The van der Waals surface area contributed by atoms with Gasteiger partial charge in [0.25, 0.3) is 0 Å². The van der Waals surface area contributed by atoms with Crippen LogP contribution in [0.2, 0.25) is 0 Å². The molecule has 0 bridgehead atoms. The summed E-state index contributed by atoms with van der Waals surface area (Å²) in [5.74, 6) is 0.902. The van der Waals surface area contributed by atoms with Crippen molar-refractivity contribution >= 4 is 45.6 Å². The van der Waals surface area contributed by atoms with Gasteiger partial charge in [0.15, 0.2) is 0 Å². The molecule has 0 aliphatic carbocycles. The molecule has 194 valence electrons. The molecule has 0 saturated heterocycles. The van der Waals surface area contributed by atoms with Crippen LogP contribution in [0.25, 0.3) is 49.9 Å². The maximum absolute atomic E-state index is 4.88. The highest BCUT2D eigenvalue weighted by molar-refractivity contribution is 6.13. The van der Waals surface area contributed by atoms with Crippen molar-refractivity contribution in [3.05, 3.63) is 139 Å². The molecule has 41 heavy (non-hydrogen) atoms. The minimum absolute atomic E-state index is 0.764. The summed E-state index contributed by atoms with van der Waals surface area (Å²) in [6, 6.07) is 45.0. The fraction of sp³-hybridized carbons (Fsp3) is 0.0270. The van der Waals surface area contributed by atoms with Gasteiger partial charge in [0.05, 0.1) is 28.1 Å². The number of para-hydroxylation sites is 3. The maximum Gasteiger partial charge on any atom is 0.138 e. The Morgan fingerprint density at radius 2 is 1.39 bits per heavy atom. The number of nitrogens with zero attached hydrogens (tertiary/aromatic N) is 4. The maximum atomic E-state index is 4.88. The molecule has 8 rings (SSSR count). The molecule has 4 heteroatoms. The van der Waals surface area contributed by atoms with Crippen molar-refractivity contribution in [1.29, 1.82) is 0 Å². The van der Waals surface area contributed by atoms with Crippen LogP contribution >= 0.6 is 0 Å². The molecule has 0 saturated carbocycles. The lowest BCUT2D eigenvalue weighted by atomic mass is 9.91. The quantitative estimate of drug-likeness (QED) is 0.214. The third-order valence-electron chi connectivity index (χ3n) is 8.14. The third kappa shape index (κ3) is 3.69. The number of benzene rings is 5. The molecule has 0 N–H and O–H groups in total. The van der Waals surface area contributed by atoms with E-state index in [-0.39, 0.29) is 0 Å². The SMILES string of the molecule is C=Nc1ccccc1N1Cc2ccccc2-c2cc3c(cc21)c1ccccc1n3-c1cc(-c2ccccc2)ccn1. The predicted octanol–water partition coefficient (Wildman–Crippen LogP) is 9.50. The fourth-order valence-corrected chi connectivity index (χ4v) is 6.26. The Balaban J connectivity index is 1.43. The summed E-state index contributed by atoms with van der Waals surface area (Å²) < 4.78 is 2.30. The number of aliphatic imine (C=N–C) groups is 1. The molecule has 4 nitrogen and oxygen atoms in total. The summed E-state index contributed by atoms with van der Waals surface area (Å²) in [4.78, 5) is 11.6. The Morgan fingerprint density at radius 3 is 2.29 bits per heavy atom. The van der Waals surface area contributed by atoms with Crippen molar-refractivity contribution in [2.75, 3.05) is 4.90 Å². The zero-order valence-electron chi connectivity index (χ0n) is 22.4. The van der Waals surface area contributed by atoms with E-state index < -0.39 is 0 Å². The van der Waals surface area contributed by atoms with Crippen LogP contribution in [0.15, 0.2) is 139 Å². The standard InChI is InChI=1S/C37H26N4/c1-38-32-16-8-10-18-34(32)40-24-27-13-5-6-14-28(27)30-23-36-31(22-35(30)40)29-15-7-9-17-33(29)41(36)37-21-26(19-20-39-37)25-11-3-2-4-12-25/h2-23H,1,24H2. The van der Waals surface area contributed by atoms with Gasteiger partial charge >= 0.3 is 0 Å². The average molecular weight is 527 g/mol. The van der Waals surface area contributed by atoms with Crippen LogP contribution in [0.3, 0.4) is 0 Å². The van der Waals surface area contributed by atoms with Crippen molar-refractivity contribution in [3.63, 3.8) is 0 Å². The number of rotatable bonds is 4. The molecule has 1 aliphatic rings. The Bertz CT molecular complexity index is 2110. The van der Waals surface area contributed by atoms with Crippen molar-refractivity contribution in [3.8, 4) is 28.1 Å². The molecule has 0 atom stereocenters. The van der Waals surface area contributed by atoms with E-state index in [4.69, 9.17) is 4.98 Å². The minimum atomic E-state index is 0.764. The highest BCUT2D eigenvalue weighted by atomic mass is 15.2. The van der Waals surface area contributed by atoms with Gasteiger partial charge in [-0.3, -0.25) is 9.56 Å². The summed E-state index contributed by atoms with van der Waals surface area (Å²) >= 11 is 0. The monoisotopic (exact) mass is 526 g/mol. The molecule has 7 aromatic rings. The first kappa shape index (κ1) is 23.4. The topological polar surface area (TPSA) is 33.4 Å². The average Bonchev–Trinajstić information content (AvgIpc) is 3.37. The van der Waals surface area contributed by atoms with Gasteiger partial charge in [0, 0.05) is 29.1 Å². The Kier molecular flexibility index (Phi) is 5.32. The summed E-state index contributed by atoms with van der Waals surface area (Å²) in [5, 5.41) is 2.39. The summed E-state index contributed by atoms with van der Waals surface area (Å²) in [5.41, 5.74) is 11.4. The number of pyridine rings is 1. The first-order valence-corrected chi connectivity index (χ1v) is 13.8. The van der Waals surface area contributed by atoms with Crippen molar-refractivity contribution in [2.24, 2.45) is 4.99 Å². The molecular weight excluding hydrogens is 500 g/mol. The zero-order valence-corrected chi connectivity index (χ0v) is 22.4. The van der Waals surface area contributed by atoms with Crippen molar-refractivity contribution in [1.82, 2.24) is 9.55 Å². The predicted molar refractivity (Wildman–Crippen MR) is 171 cm³/mol. The lowest BCUT2D eigenvalue weighted by Crippen LogP contribution is -2.21. The number of hydrogen-bond donors (Lipinski definition) is 0. The highest BCUT2D eigenvalue weighted by Gasteiger charge is 2.27. The van der Waals surface area contributed by atoms with Crippen molar-refractivity contribution < 1.29 is 0 Å². The summed E-state index contributed by atoms with van der Waals surface area (Å²) in [7, 11) is 0. The molecular formula is C37H26N4. The first-order valence-electron chi connectivity index (χ1n) is 13.8. The lowest BCUT2D eigenvalue weighted by Gasteiger charge is -2.34. The second-order valence-electron chi connectivity index (χ2n) is 10.4. The molecule has 1 aliphatic heterocycles. The van der Waals surface area contributed by atoms with Gasteiger partial charge in [0.2, 0.25) is 0 Å². The number of hydrogen-bond acceptors (Lipinski definition) is 3. The molecule has 5 aromatic carbocycles. The number of anilines is 2. The van der Waals surface area contributed by atoms with Crippen LogP contribution in [0.4, 0.5) is 17.1 Å². The van der Waals surface area contributed by atoms with Gasteiger partial charge in [0.1, 0.15) is 5.82 Å². The van der Waals surface area contributed by atoms with Crippen LogP contribution in [0.5, 0.6) is 0 Å². The molecule has 0 unspecified atom stereocenters. The van der Waals surface area contributed by atoms with E-state index >= 15 is 0 Å². The van der Waals surface area contributed by atoms with Gasteiger partial charge in [-0.25, -0.2) is 4.98 Å². The number of aromatic nitrogens is 2. The summed E-state index contributed by atoms with van der Waals surface area (Å²) in [6.07, 6.45) is 1.91. The second kappa shape index (κ2) is 9.32. The van der Waals surface area contributed by atoms with Gasteiger partial charge < -0.3 is 4.90 Å². The summed E-state index contributed by atoms with van der Waals surface area (Å²) in [6.45, 7) is 4.62. The van der Waals surface area contributed by atoms with E-state index in [1.54, 1.807) is 0 Å². The number of fused-ring (bicyclic) bond motifs is 6. The second-order valence-corrected chi connectivity index (χ2v) is 10.4. The Labute approximate surface area is 238 Å². The van der Waals surface area contributed by atoms with Crippen LogP contribution in [-0.4, -0.2) is 16.3 Å². The molecule has 3 heterocycles. The van der Waals surface area contributed by atoms with Gasteiger partial charge in [-0.1, -0.05) is 84.9 Å². The van der Waals surface area contributed by atoms with Crippen LogP contribution in [-0.2, 0) is 6.54 Å². The smallest absolute Gasteiger partial charge is 0.138 e. The van der Waals surface area contributed by atoms with Crippen LogP contribution in [0, 0.1) is 0 Å². The van der Waals surface area contributed by atoms with E-state index in [0.717, 1.165) is 40.3 Å². The fourth-order valence-electron chi connectivity index (χ4n) is 6.26. The third-order valence-corrected chi connectivity index (χ3v) is 8.14. The Hall–Kier alpha value is -5.48. The van der Waals surface area contributed by atoms with Gasteiger partial charge in [-0.05, 0) is 71.4 Å². The van der Waals surface area contributed by atoms with Gasteiger partial charge in [-0.2, -0.15) is 0 Å². The van der Waals surface area contributed by atoms with E-state index in [1.165, 1.54) is 38.7 Å². The Morgan fingerprint density at radius 1 is 0.610 bits per heavy atom. The zero-order chi connectivity index (χ0) is 27.3. The van der Waals surface area contributed by atoms with Gasteiger partial charge in [-0.15, -0.1) is 0 Å². The first-order chi connectivity index (χ1) is 20.3. The van der Waals surface area contributed by atoms with Crippen LogP contribution < -0.4 is 4.90 Å². The largest absolute Gasteiger partial charge is 0.335 e. The normalized spacial score (nSPS) is 12.3. The molecule has 0 fully saturated rings. The minimum Gasteiger partial charge on any atom is -0.335 e. The van der Waals surface area contributed by atoms with E-state index in [9.17, 15) is 0 Å². The lowest BCUT2D eigenvalue weighted by molar-refractivity contribution is 0.962. The highest BCUT2D eigenvalue weighted by Crippen LogP contribution is 2.48.